The van der Waals surface area contributed by atoms with Gasteiger partial charge in [-0.1, -0.05) is 23.8 Å². The molecule has 0 bridgehead atoms. The van der Waals surface area contributed by atoms with Crippen molar-refractivity contribution in [2.24, 2.45) is 0 Å². The molecule has 0 aliphatic rings. The molecular formula is C19H24N2O3. The summed E-state index contributed by atoms with van der Waals surface area (Å²) in [5, 5.41) is 5.46. The van der Waals surface area contributed by atoms with E-state index in [4.69, 9.17) is 4.42 Å². The SMILES string of the molecule is Cc1ccc(CCCNC(=O)[C@H](C)NC(=O)c2ccco2)c(C)c1. The summed E-state index contributed by atoms with van der Waals surface area (Å²) in [7, 11) is 0. The molecule has 2 N–H and O–H groups in total. The van der Waals surface area contributed by atoms with E-state index in [9.17, 15) is 9.59 Å². The van der Waals surface area contributed by atoms with Gasteiger partial charge < -0.3 is 15.1 Å². The molecule has 0 aliphatic heterocycles. The van der Waals surface area contributed by atoms with Crippen molar-refractivity contribution in [2.45, 2.75) is 39.7 Å². The Bertz CT molecular complexity index is 693. The quantitative estimate of drug-likeness (QED) is 0.768. The minimum atomic E-state index is -0.608. The predicted molar refractivity (Wildman–Crippen MR) is 92.9 cm³/mol. The first-order valence-corrected chi connectivity index (χ1v) is 8.15. The van der Waals surface area contributed by atoms with Gasteiger partial charge in [-0.15, -0.1) is 0 Å². The van der Waals surface area contributed by atoms with Gasteiger partial charge in [0.2, 0.25) is 5.91 Å². The Hall–Kier alpha value is -2.56. The first kappa shape index (κ1) is 17.8. The van der Waals surface area contributed by atoms with Crippen LogP contribution < -0.4 is 10.6 Å². The van der Waals surface area contributed by atoms with Gasteiger partial charge in [-0.3, -0.25) is 9.59 Å². The fraction of sp³-hybridized carbons (Fsp3) is 0.368. The van der Waals surface area contributed by atoms with E-state index in [1.165, 1.54) is 23.0 Å². The van der Waals surface area contributed by atoms with Crippen LogP contribution in [0.4, 0.5) is 0 Å². The monoisotopic (exact) mass is 328 g/mol. The van der Waals surface area contributed by atoms with E-state index in [0.29, 0.717) is 6.54 Å². The Morgan fingerprint density at radius 1 is 1.21 bits per heavy atom. The molecule has 24 heavy (non-hydrogen) atoms. The fourth-order valence-electron chi connectivity index (χ4n) is 2.51. The molecule has 0 unspecified atom stereocenters. The Morgan fingerprint density at radius 2 is 2.00 bits per heavy atom. The Morgan fingerprint density at radius 3 is 2.67 bits per heavy atom. The van der Waals surface area contributed by atoms with Gasteiger partial charge in [0.05, 0.1) is 6.26 Å². The number of hydrogen-bond donors (Lipinski definition) is 2. The molecule has 0 saturated heterocycles. The van der Waals surface area contributed by atoms with Crippen molar-refractivity contribution in [3.05, 3.63) is 59.0 Å². The van der Waals surface area contributed by atoms with Gasteiger partial charge in [0, 0.05) is 6.54 Å². The second kappa shape index (κ2) is 8.34. The number of furan rings is 1. The topological polar surface area (TPSA) is 71.3 Å². The molecule has 0 radical (unpaired) electrons. The molecule has 2 aromatic rings. The minimum Gasteiger partial charge on any atom is -0.459 e. The van der Waals surface area contributed by atoms with E-state index in [1.54, 1.807) is 19.1 Å². The second-order valence-corrected chi connectivity index (χ2v) is 6.00. The third-order valence-corrected chi connectivity index (χ3v) is 3.91. The van der Waals surface area contributed by atoms with Crippen LogP contribution in [0.3, 0.4) is 0 Å². The van der Waals surface area contributed by atoms with Crippen molar-refractivity contribution >= 4 is 11.8 Å². The molecule has 2 rings (SSSR count). The summed E-state index contributed by atoms with van der Waals surface area (Å²) in [5.74, 6) is -0.391. The number of nitrogens with one attached hydrogen (secondary N) is 2. The zero-order chi connectivity index (χ0) is 17.5. The predicted octanol–water partition coefficient (Wildman–Crippen LogP) is 2.76. The minimum absolute atomic E-state index is 0.199. The summed E-state index contributed by atoms with van der Waals surface area (Å²) in [6.07, 6.45) is 3.20. The number of amides is 2. The number of carbonyl (C=O) groups is 2. The zero-order valence-electron chi connectivity index (χ0n) is 14.4. The van der Waals surface area contributed by atoms with Crippen LogP contribution in [0.5, 0.6) is 0 Å². The lowest BCUT2D eigenvalue weighted by Crippen LogP contribution is -2.45. The van der Waals surface area contributed by atoms with Gasteiger partial charge in [0.1, 0.15) is 6.04 Å². The molecule has 5 nitrogen and oxygen atoms in total. The second-order valence-electron chi connectivity index (χ2n) is 6.00. The van der Waals surface area contributed by atoms with E-state index in [-0.39, 0.29) is 11.7 Å². The van der Waals surface area contributed by atoms with Crippen molar-refractivity contribution in [2.75, 3.05) is 6.54 Å². The maximum absolute atomic E-state index is 12.0. The summed E-state index contributed by atoms with van der Waals surface area (Å²) >= 11 is 0. The van der Waals surface area contributed by atoms with Crippen molar-refractivity contribution in [1.82, 2.24) is 10.6 Å². The average molecular weight is 328 g/mol. The Labute approximate surface area is 142 Å². The van der Waals surface area contributed by atoms with Crippen LogP contribution in [0.25, 0.3) is 0 Å². The summed E-state index contributed by atoms with van der Waals surface area (Å²) in [6, 6.07) is 8.99. The summed E-state index contributed by atoms with van der Waals surface area (Å²) < 4.78 is 5.00. The molecule has 1 atom stereocenters. The fourth-order valence-corrected chi connectivity index (χ4v) is 2.51. The molecule has 128 valence electrons. The number of rotatable bonds is 7. The van der Waals surface area contributed by atoms with E-state index in [0.717, 1.165) is 12.8 Å². The molecule has 1 aromatic carbocycles. The highest BCUT2D eigenvalue weighted by Gasteiger charge is 2.17. The summed E-state index contributed by atoms with van der Waals surface area (Å²) in [4.78, 5) is 23.8. The largest absolute Gasteiger partial charge is 0.459 e. The lowest BCUT2D eigenvalue weighted by Gasteiger charge is -2.13. The lowest BCUT2D eigenvalue weighted by atomic mass is 10.0. The summed E-state index contributed by atoms with van der Waals surface area (Å²) in [5.41, 5.74) is 3.83. The first-order chi connectivity index (χ1) is 11.5. The number of hydrogen-bond acceptors (Lipinski definition) is 3. The molecule has 1 aromatic heterocycles. The van der Waals surface area contributed by atoms with Crippen LogP contribution in [0.2, 0.25) is 0 Å². The summed E-state index contributed by atoms with van der Waals surface area (Å²) in [6.45, 7) is 6.41. The van der Waals surface area contributed by atoms with Crippen LogP contribution in [0, 0.1) is 13.8 Å². The van der Waals surface area contributed by atoms with Crippen LogP contribution in [0.15, 0.2) is 41.0 Å². The van der Waals surface area contributed by atoms with Crippen LogP contribution >= 0.6 is 0 Å². The van der Waals surface area contributed by atoms with Gasteiger partial charge in [-0.2, -0.15) is 0 Å². The molecule has 1 heterocycles. The van der Waals surface area contributed by atoms with Gasteiger partial charge in [0.15, 0.2) is 5.76 Å². The number of aryl methyl sites for hydroxylation is 3. The average Bonchev–Trinajstić information content (AvgIpc) is 3.07. The first-order valence-electron chi connectivity index (χ1n) is 8.15. The molecule has 0 aliphatic carbocycles. The normalized spacial score (nSPS) is 11.8. The standard InChI is InChI=1S/C19H24N2O3/c1-13-8-9-16(14(2)12-13)6-4-10-20-18(22)15(3)21-19(23)17-7-5-11-24-17/h5,7-9,11-12,15H,4,6,10H2,1-3H3,(H,20,22)(H,21,23)/t15-/m0/s1. The lowest BCUT2D eigenvalue weighted by molar-refractivity contribution is -0.122. The highest BCUT2D eigenvalue weighted by Crippen LogP contribution is 2.12. The number of benzene rings is 1. The van der Waals surface area contributed by atoms with Crippen molar-refractivity contribution in [1.29, 1.82) is 0 Å². The van der Waals surface area contributed by atoms with Crippen molar-refractivity contribution < 1.29 is 14.0 Å². The Balaban J connectivity index is 1.71. The molecule has 0 saturated carbocycles. The maximum atomic E-state index is 12.0. The van der Waals surface area contributed by atoms with Crippen LogP contribution in [-0.4, -0.2) is 24.4 Å². The van der Waals surface area contributed by atoms with E-state index in [2.05, 4.69) is 42.7 Å². The van der Waals surface area contributed by atoms with Crippen LogP contribution in [-0.2, 0) is 11.2 Å². The van der Waals surface area contributed by atoms with Gasteiger partial charge in [-0.05, 0) is 56.9 Å². The highest BCUT2D eigenvalue weighted by atomic mass is 16.3. The molecule has 5 heteroatoms. The third-order valence-electron chi connectivity index (χ3n) is 3.91. The number of carbonyl (C=O) groups excluding carboxylic acids is 2. The van der Waals surface area contributed by atoms with Gasteiger partial charge in [0.25, 0.3) is 5.91 Å². The maximum Gasteiger partial charge on any atom is 0.287 e. The Kier molecular flexibility index (Phi) is 6.18. The molecular weight excluding hydrogens is 304 g/mol. The van der Waals surface area contributed by atoms with Gasteiger partial charge >= 0.3 is 0 Å². The van der Waals surface area contributed by atoms with Crippen LogP contribution in [0.1, 0.15) is 40.6 Å². The van der Waals surface area contributed by atoms with E-state index in [1.807, 2.05) is 0 Å². The van der Waals surface area contributed by atoms with Gasteiger partial charge in [-0.25, -0.2) is 0 Å². The van der Waals surface area contributed by atoms with Crippen molar-refractivity contribution in [3.8, 4) is 0 Å². The van der Waals surface area contributed by atoms with E-state index < -0.39 is 11.9 Å². The third kappa shape index (κ3) is 4.98. The van der Waals surface area contributed by atoms with Crippen molar-refractivity contribution in [3.63, 3.8) is 0 Å². The smallest absolute Gasteiger partial charge is 0.287 e. The molecule has 0 spiro atoms. The highest BCUT2D eigenvalue weighted by molar-refractivity contribution is 5.95. The zero-order valence-corrected chi connectivity index (χ0v) is 14.4. The molecule has 0 fully saturated rings. The van der Waals surface area contributed by atoms with E-state index >= 15 is 0 Å². The molecule has 2 amide bonds.